The molecule has 2 amide bonds. The number of rotatable bonds is 3. The van der Waals surface area contributed by atoms with Gasteiger partial charge in [0.25, 0.3) is 11.6 Å². The minimum absolute atomic E-state index is 0.0157. The summed E-state index contributed by atoms with van der Waals surface area (Å²) in [5.41, 5.74) is 5.08. The third-order valence-electron chi connectivity index (χ3n) is 3.69. The Hall–Kier alpha value is -3.59. The molecule has 0 aliphatic carbocycles. The van der Waals surface area contributed by atoms with Gasteiger partial charge in [0.1, 0.15) is 5.56 Å². The Balaban J connectivity index is 2.16. The second kappa shape index (κ2) is 6.37. The molecule has 0 unspecified atom stereocenters. The lowest BCUT2D eigenvalue weighted by Crippen LogP contribution is -2.19. The van der Waals surface area contributed by atoms with Crippen LogP contribution >= 0.6 is 11.6 Å². The number of nitrogens with zero attached hydrogens (tertiary/aromatic N) is 2. The molecule has 2 aromatic carbocycles. The standard InChI is InChI=1S/C16H11ClN4O5/c17-8-1-3-9(4-2-8)19-14(22)13-11-7-10(21(25)26)5-6-12(11)20(15(13)23)16(18)24/h1-7,23H,(H2,18,24)(H,19,22). The van der Waals surface area contributed by atoms with Crippen LogP contribution in [0.2, 0.25) is 5.02 Å². The first kappa shape index (κ1) is 17.2. The van der Waals surface area contributed by atoms with Gasteiger partial charge in [-0.05, 0) is 30.3 Å². The highest BCUT2D eigenvalue weighted by molar-refractivity contribution is 6.30. The van der Waals surface area contributed by atoms with E-state index in [0.717, 1.165) is 12.1 Å². The fourth-order valence-corrected chi connectivity index (χ4v) is 2.68. The van der Waals surface area contributed by atoms with E-state index in [-0.39, 0.29) is 22.2 Å². The fraction of sp³-hybridized carbons (Fsp3) is 0. The van der Waals surface area contributed by atoms with Crippen LogP contribution in [0.25, 0.3) is 10.9 Å². The summed E-state index contributed by atoms with van der Waals surface area (Å²) in [5.74, 6) is -1.48. The number of nitro groups is 1. The van der Waals surface area contributed by atoms with Crippen LogP contribution in [0.1, 0.15) is 10.4 Å². The number of halogens is 1. The number of carbonyl (C=O) groups is 2. The normalized spacial score (nSPS) is 10.7. The molecule has 3 aromatic rings. The number of aromatic hydroxyl groups is 1. The van der Waals surface area contributed by atoms with Crippen molar-refractivity contribution in [2.75, 3.05) is 5.32 Å². The van der Waals surface area contributed by atoms with Crippen LogP contribution in [0.4, 0.5) is 16.2 Å². The van der Waals surface area contributed by atoms with E-state index < -0.39 is 22.7 Å². The third kappa shape index (κ3) is 2.91. The highest BCUT2D eigenvalue weighted by Gasteiger charge is 2.26. The average molecular weight is 375 g/mol. The molecule has 0 aliphatic rings. The van der Waals surface area contributed by atoms with E-state index in [0.29, 0.717) is 15.3 Å². The molecule has 0 saturated heterocycles. The van der Waals surface area contributed by atoms with E-state index >= 15 is 0 Å². The summed E-state index contributed by atoms with van der Waals surface area (Å²) < 4.78 is 0.704. The Morgan fingerprint density at radius 2 is 1.85 bits per heavy atom. The second-order valence-electron chi connectivity index (χ2n) is 5.29. The van der Waals surface area contributed by atoms with Crippen molar-refractivity contribution in [1.29, 1.82) is 0 Å². The van der Waals surface area contributed by atoms with Gasteiger partial charge >= 0.3 is 6.03 Å². The van der Waals surface area contributed by atoms with Gasteiger partial charge in [-0.25, -0.2) is 9.36 Å². The number of hydrogen-bond donors (Lipinski definition) is 3. The molecule has 3 rings (SSSR count). The molecule has 9 nitrogen and oxygen atoms in total. The first-order valence-corrected chi connectivity index (χ1v) is 7.56. The number of nitrogens with one attached hydrogen (secondary N) is 1. The maximum absolute atomic E-state index is 12.6. The molecule has 0 radical (unpaired) electrons. The highest BCUT2D eigenvalue weighted by Crippen LogP contribution is 2.34. The molecule has 0 spiro atoms. The minimum atomic E-state index is -1.04. The van der Waals surface area contributed by atoms with Crippen molar-refractivity contribution in [3.8, 4) is 5.88 Å². The van der Waals surface area contributed by atoms with Crippen LogP contribution in [0.15, 0.2) is 42.5 Å². The van der Waals surface area contributed by atoms with Gasteiger partial charge in [-0.1, -0.05) is 11.6 Å². The zero-order chi connectivity index (χ0) is 19.0. The number of primary amides is 1. The zero-order valence-corrected chi connectivity index (χ0v) is 13.7. The topological polar surface area (TPSA) is 140 Å². The smallest absolute Gasteiger partial charge is 0.326 e. The molecule has 0 bridgehead atoms. The van der Waals surface area contributed by atoms with Crippen molar-refractivity contribution in [2.24, 2.45) is 5.73 Å². The number of non-ortho nitro benzene ring substituents is 1. The number of fused-ring (bicyclic) bond motifs is 1. The number of nitrogens with two attached hydrogens (primary N) is 1. The van der Waals surface area contributed by atoms with E-state index in [2.05, 4.69) is 5.32 Å². The second-order valence-corrected chi connectivity index (χ2v) is 5.73. The summed E-state index contributed by atoms with van der Waals surface area (Å²) in [6, 6.07) is 8.60. The maximum atomic E-state index is 12.6. The number of amides is 2. The quantitative estimate of drug-likeness (QED) is 0.477. The predicted molar refractivity (Wildman–Crippen MR) is 94.6 cm³/mol. The van der Waals surface area contributed by atoms with E-state index in [4.69, 9.17) is 17.3 Å². The summed E-state index contributed by atoms with van der Waals surface area (Å²) in [4.78, 5) is 34.6. The summed E-state index contributed by atoms with van der Waals surface area (Å²) in [7, 11) is 0. The van der Waals surface area contributed by atoms with Crippen molar-refractivity contribution in [3.05, 3.63) is 63.2 Å². The van der Waals surface area contributed by atoms with Crippen LogP contribution < -0.4 is 11.1 Å². The third-order valence-corrected chi connectivity index (χ3v) is 3.94. The summed E-state index contributed by atoms with van der Waals surface area (Å²) in [5, 5.41) is 24.3. The van der Waals surface area contributed by atoms with Gasteiger partial charge in [-0.3, -0.25) is 14.9 Å². The fourth-order valence-electron chi connectivity index (χ4n) is 2.55. The highest BCUT2D eigenvalue weighted by atomic mass is 35.5. The lowest BCUT2D eigenvalue weighted by atomic mass is 10.1. The molecule has 0 atom stereocenters. The Kier molecular flexibility index (Phi) is 4.23. The number of anilines is 1. The van der Waals surface area contributed by atoms with E-state index in [1.165, 1.54) is 18.2 Å². The monoisotopic (exact) mass is 374 g/mol. The average Bonchev–Trinajstić information content (AvgIpc) is 2.87. The Morgan fingerprint density at radius 1 is 1.19 bits per heavy atom. The maximum Gasteiger partial charge on any atom is 0.326 e. The number of nitro benzene ring substituents is 1. The van der Waals surface area contributed by atoms with Gasteiger partial charge in [-0.15, -0.1) is 0 Å². The van der Waals surface area contributed by atoms with Crippen molar-refractivity contribution >= 4 is 45.8 Å². The van der Waals surface area contributed by atoms with Crippen molar-refractivity contribution in [3.63, 3.8) is 0 Å². The summed E-state index contributed by atoms with van der Waals surface area (Å²) >= 11 is 5.78. The van der Waals surface area contributed by atoms with Crippen LogP contribution in [0, 0.1) is 10.1 Å². The van der Waals surface area contributed by atoms with Crippen molar-refractivity contribution < 1.29 is 19.6 Å². The number of aromatic nitrogens is 1. The van der Waals surface area contributed by atoms with E-state index in [1.54, 1.807) is 12.1 Å². The van der Waals surface area contributed by atoms with Gasteiger partial charge in [0.05, 0.1) is 10.4 Å². The number of hydrogen-bond acceptors (Lipinski definition) is 5. The molecule has 0 saturated carbocycles. The van der Waals surface area contributed by atoms with E-state index in [1.807, 2.05) is 0 Å². The van der Waals surface area contributed by atoms with Crippen molar-refractivity contribution in [1.82, 2.24) is 4.57 Å². The van der Waals surface area contributed by atoms with Crippen molar-refractivity contribution in [2.45, 2.75) is 0 Å². The molecule has 132 valence electrons. The largest absolute Gasteiger partial charge is 0.494 e. The van der Waals surface area contributed by atoms with Crippen LogP contribution in [-0.4, -0.2) is 26.5 Å². The number of benzene rings is 2. The SMILES string of the molecule is NC(=O)n1c(O)c(C(=O)Nc2ccc(Cl)cc2)c2cc([N+](=O)[O-])ccc21. The van der Waals surface area contributed by atoms with Crippen LogP contribution in [0.5, 0.6) is 5.88 Å². The first-order valence-electron chi connectivity index (χ1n) is 7.18. The molecule has 0 aliphatic heterocycles. The van der Waals surface area contributed by atoms with Gasteiger partial charge in [0.15, 0.2) is 0 Å². The molecule has 4 N–H and O–H groups in total. The zero-order valence-electron chi connectivity index (χ0n) is 13.0. The first-order chi connectivity index (χ1) is 12.3. The lowest BCUT2D eigenvalue weighted by Gasteiger charge is -2.05. The molecular formula is C16H11ClN4O5. The Labute approximate surface area is 150 Å². The number of carbonyl (C=O) groups excluding carboxylic acids is 2. The Bertz CT molecular complexity index is 1060. The molecule has 26 heavy (non-hydrogen) atoms. The van der Waals surface area contributed by atoms with Crippen LogP contribution in [0.3, 0.4) is 0 Å². The molecule has 1 heterocycles. The lowest BCUT2D eigenvalue weighted by molar-refractivity contribution is -0.384. The molecule has 1 aromatic heterocycles. The summed E-state index contributed by atoms with van der Waals surface area (Å²) in [6.07, 6.45) is 0. The molecule has 0 fully saturated rings. The van der Waals surface area contributed by atoms with E-state index in [9.17, 15) is 24.8 Å². The van der Waals surface area contributed by atoms with Crippen LogP contribution in [-0.2, 0) is 0 Å². The summed E-state index contributed by atoms with van der Waals surface area (Å²) in [6.45, 7) is 0. The minimum Gasteiger partial charge on any atom is -0.494 e. The van der Waals surface area contributed by atoms with Gasteiger partial charge in [0.2, 0.25) is 5.88 Å². The Morgan fingerprint density at radius 3 is 2.42 bits per heavy atom. The molecule has 10 heteroatoms. The predicted octanol–water partition coefficient (Wildman–Crippen LogP) is 3.09. The van der Waals surface area contributed by atoms with Gasteiger partial charge in [-0.2, -0.15) is 0 Å². The molecular weight excluding hydrogens is 364 g/mol. The van der Waals surface area contributed by atoms with Gasteiger partial charge < -0.3 is 16.2 Å². The van der Waals surface area contributed by atoms with Gasteiger partial charge in [0, 0.05) is 28.2 Å².